The van der Waals surface area contributed by atoms with Crippen LogP contribution in [0, 0.1) is 5.92 Å². The van der Waals surface area contributed by atoms with Crippen molar-refractivity contribution in [3.8, 4) is 0 Å². The summed E-state index contributed by atoms with van der Waals surface area (Å²) in [6, 6.07) is 9.85. The summed E-state index contributed by atoms with van der Waals surface area (Å²) in [6.07, 6.45) is 6.58. The molecule has 63 heavy (non-hydrogen) atoms. The zero-order valence-electron chi connectivity index (χ0n) is 35.7. The fourth-order valence-corrected chi connectivity index (χ4v) is 8.97. The third-order valence-corrected chi connectivity index (χ3v) is 12.4. The number of H-pyrrole nitrogens is 1. The van der Waals surface area contributed by atoms with Crippen molar-refractivity contribution in [2.75, 3.05) is 19.6 Å². The van der Waals surface area contributed by atoms with Gasteiger partial charge in [0, 0.05) is 43.2 Å². The van der Waals surface area contributed by atoms with Gasteiger partial charge in [0.15, 0.2) is 5.96 Å². The summed E-state index contributed by atoms with van der Waals surface area (Å²) < 4.78 is 0. The molecule has 3 aromatic rings. The van der Waals surface area contributed by atoms with Gasteiger partial charge in [-0.05, 0) is 68.1 Å². The molecule has 6 rings (SSSR count). The number of hydrogen-bond donors (Lipinski definition) is 10. The molecule has 7 atom stereocenters. The molecule has 13 N–H and O–H groups in total. The molecule has 0 bridgehead atoms. The van der Waals surface area contributed by atoms with E-state index in [0.717, 1.165) is 54.1 Å². The molecule has 2 aliphatic heterocycles. The number of aliphatic hydroxyl groups excluding tert-OH is 1. The number of amides is 6. The summed E-state index contributed by atoms with van der Waals surface area (Å²) in [5.74, 6) is -3.66. The maximum Gasteiger partial charge on any atom is 0.246 e. The van der Waals surface area contributed by atoms with Crippen molar-refractivity contribution < 1.29 is 33.9 Å². The Morgan fingerprint density at radius 1 is 0.825 bits per heavy atom. The Morgan fingerprint density at radius 3 is 2.29 bits per heavy atom. The van der Waals surface area contributed by atoms with Crippen LogP contribution >= 0.6 is 0 Å². The van der Waals surface area contributed by atoms with Crippen LogP contribution in [0.3, 0.4) is 0 Å². The molecule has 18 heteroatoms. The van der Waals surface area contributed by atoms with Gasteiger partial charge in [-0.3, -0.25) is 33.8 Å². The minimum atomic E-state index is -1.36. The van der Waals surface area contributed by atoms with Gasteiger partial charge in [-0.1, -0.05) is 80.6 Å². The number of rotatable bonds is 12. The molecule has 3 aliphatic rings. The van der Waals surface area contributed by atoms with E-state index in [-0.39, 0.29) is 76.5 Å². The molecule has 1 aromatic heterocycles. The fraction of sp³-hybridized carbons (Fsp3) is 0.533. The van der Waals surface area contributed by atoms with Crippen LogP contribution in [0.15, 0.2) is 65.8 Å². The van der Waals surface area contributed by atoms with Crippen LogP contribution in [0.1, 0.15) is 81.8 Å². The Hall–Kier alpha value is -6.01. The van der Waals surface area contributed by atoms with E-state index in [1.165, 1.54) is 4.90 Å². The average molecular weight is 870 g/mol. The Morgan fingerprint density at radius 2 is 1.52 bits per heavy atom. The van der Waals surface area contributed by atoms with Crippen LogP contribution in [-0.2, 0) is 41.6 Å². The average Bonchev–Trinajstić information content (AvgIpc) is 3.87. The number of para-hydroxylation sites is 1. The monoisotopic (exact) mass is 869 g/mol. The molecule has 3 fully saturated rings. The van der Waals surface area contributed by atoms with E-state index in [2.05, 4.69) is 36.6 Å². The smallest absolute Gasteiger partial charge is 0.246 e. The number of aromatic nitrogens is 1. The van der Waals surface area contributed by atoms with Crippen molar-refractivity contribution in [1.82, 2.24) is 36.5 Å². The fourth-order valence-electron chi connectivity index (χ4n) is 8.97. The van der Waals surface area contributed by atoms with Crippen LogP contribution < -0.4 is 43.8 Å². The maximum atomic E-state index is 14.6. The predicted octanol–water partition coefficient (Wildman–Crippen LogP) is 0.115. The second kappa shape index (κ2) is 22.4. The number of nitrogens with one attached hydrogen (secondary N) is 6. The largest absolute Gasteiger partial charge is 0.390 e. The SMILES string of the molecule is NC(N)=NCCC[C@@H]1NC(=O)[C@H](Cc2c[nH]c3ccccc23)NC(=O)[C@@H](CC2CCCCC2)NC(=O)[C@@H]2[C@@H](O)CCN2C(=O)[C@@H](NC(=O)[C@@H](N)Cc2ccccc2)CCCNC1=O. The van der Waals surface area contributed by atoms with E-state index < -0.39 is 77.8 Å². The number of carbonyl (C=O) groups excluding carboxylic acids is 6. The summed E-state index contributed by atoms with van der Waals surface area (Å²) in [5, 5.41) is 26.4. The van der Waals surface area contributed by atoms with Crippen molar-refractivity contribution >= 4 is 52.3 Å². The second-order valence-corrected chi connectivity index (χ2v) is 17.1. The third kappa shape index (κ3) is 12.8. The van der Waals surface area contributed by atoms with Gasteiger partial charge >= 0.3 is 0 Å². The standard InChI is InChI=1S/C45H63N11O7/c46-31(23-27-11-3-1-4-12-27)39(58)53-34-18-10-20-49-40(59)33(17-9-21-50-45(47)48)52-42(61)36(25-29-26-51-32-16-8-7-15-30(29)32)54-41(60)35(24-28-13-5-2-6-14-28)55-43(62)38-37(57)19-22-56(38)44(34)63/h1,3-4,7-8,11-12,15-16,26,28,31,33-38,51,57H,2,5-6,9-10,13-14,17-25,46H2,(H,49,59)(H,52,61)(H,53,58)(H,54,60)(H,55,62)(H4,47,48,50)/t31-,33-,34-,35+,36-,37-,38-/m0/s1. The summed E-state index contributed by atoms with van der Waals surface area (Å²) in [6.45, 7) is 0.271. The number of guanidine groups is 1. The first-order valence-corrected chi connectivity index (χ1v) is 22.3. The van der Waals surface area contributed by atoms with Crippen molar-refractivity contribution in [1.29, 1.82) is 0 Å². The number of fused-ring (bicyclic) bond motifs is 2. The molecule has 18 nitrogen and oxygen atoms in total. The van der Waals surface area contributed by atoms with Crippen LogP contribution in [0.25, 0.3) is 10.9 Å². The number of nitrogens with zero attached hydrogens (tertiary/aromatic N) is 2. The van der Waals surface area contributed by atoms with Gasteiger partial charge in [0.25, 0.3) is 0 Å². The van der Waals surface area contributed by atoms with Crippen LogP contribution in [0.5, 0.6) is 0 Å². The summed E-state index contributed by atoms with van der Waals surface area (Å²) in [7, 11) is 0. The Labute approximate surface area is 367 Å². The topological polar surface area (TPSA) is 292 Å². The molecule has 6 amide bonds. The lowest BCUT2D eigenvalue weighted by Gasteiger charge is -2.33. The Bertz CT molecular complexity index is 2080. The van der Waals surface area contributed by atoms with Gasteiger partial charge in [-0.15, -0.1) is 0 Å². The van der Waals surface area contributed by atoms with Gasteiger partial charge < -0.3 is 58.8 Å². The molecule has 0 radical (unpaired) electrons. The molecule has 1 saturated carbocycles. The molecule has 1 aliphatic carbocycles. The van der Waals surface area contributed by atoms with Crippen LogP contribution in [0.2, 0.25) is 0 Å². The Kier molecular flexibility index (Phi) is 16.5. The highest BCUT2D eigenvalue weighted by Crippen LogP contribution is 2.28. The number of aromatic amines is 1. The Balaban J connectivity index is 1.31. The quantitative estimate of drug-likeness (QED) is 0.0666. The van der Waals surface area contributed by atoms with Crippen molar-refractivity contribution in [3.63, 3.8) is 0 Å². The van der Waals surface area contributed by atoms with Gasteiger partial charge in [0.05, 0.1) is 12.1 Å². The molecule has 2 aromatic carbocycles. The van der Waals surface area contributed by atoms with E-state index in [0.29, 0.717) is 6.42 Å². The van der Waals surface area contributed by atoms with E-state index in [9.17, 15) is 33.9 Å². The van der Waals surface area contributed by atoms with Gasteiger partial charge in [0.1, 0.15) is 30.2 Å². The summed E-state index contributed by atoms with van der Waals surface area (Å²) >= 11 is 0. The number of benzene rings is 2. The highest BCUT2D eigenvalue weighted by Gasteiger charge is 2.45. The minimum Gasteiger partial charge on any atom is -0.390 e. The molecule has 0 unspecified atom stereocenters. The lowest BCUT2D eigenvalue weighted by molar-refractivity contribution is -0.144. The van der Waals surface area contributed by atoms with E-state index in [1.54, 1.807) is 6.20 Å². The highest BCUT2D eigenvalue weighted by atomic mass is 16.3. The summed E-state index contributed by atoms with van der Waals surface area (Å²) in [4.78, 5) is 93.7. The number of aliphatic imine (C=N–C) groups is 1. The number of aliphatic hydroxyl groups is 1. The lowest BCUT2D eigenvalue weighted by Crippen LogP contribution is -2.61. The molecule has 0 spiro atoms. The zero-order chi connectivity index (χ0) is 44.9. The molecule has 340 valence electrons. The number of carbonyl (C=O) groups is 6. The first kappa shape index (κ1) is 46.5. The van der Waals surface area contributed by atoms with Crippen LogP contribution in [0.4, 0.5) is 0 Å². The van der Waals surface area contributed by atoms with Crippen molar-refractivity contribution in [3.05, 3.63) is 71.9 Å². The maximum absolute atomic E-state index is 14.6. The second-order valence-electron chi connectivity index (χ2n) is 17.1. The van der Waals surface area contributed by atoms with Crippen molar-refractivity contribution in [2.24, 2.45) is 28.1 Å². The summed E-state index contributed by atoms with van der Waals surface area (Å²) in [5.41, 5.74) is 19.8. The molecular weight excluding hydrogens is 807 g/mol. The lowest BCUT2D eigenvalue weighted by atomic mass is 9.84. The van der Waals surface area contributed by atoms with E-state index in [1.807, 2.05) is 54.6 Å². The van der Waals surface area contributed by atoms with E-state index in [4.69, 9.17) is 17.2 Å². The zero-order valence-corrected chi connectivity index (χ0v) is 35.7. The predicted molar refractivity (Wildman–Crippen MR) is 237 cm³/mol. The first-order chi connectivity index (χ1) is 30.4. The van der Waals surface area contributed by atoms with Crippen molar-refractivity contribution in [2.45, 2.75) is 126 Å². The van der Waals surface area contributed by atoms with Gasteiger partial charge in [-0.25, -0.2) is 0 Å². The molecule has 2 saturated heterocycles. The van der Waals surface area contributed by atoms with Gasteiger partial charge in [-0.2, -0.15) is 0 Å². The first-order valence-electron chi connectivity index (χ1n) is 22.3. The highest BCUT2D eigenvalue weighted by molar-refractivity contribution is 5.97. The van der Waals surface area contributed by atoms with E-state index >= 15 is 0 Å². The molecular formula is C45H63N11O7. The molecule has 3 heterocycles. The van der Waals surface area contributed by atoms with Gasteiger partial charge in [0.2, 0.25) is 35.4 Å². The third-order valence-electron chi connectivity index (χ3n) is 12.4. The van der Waals surface area contributed by atoms with Crippen LogP contribution in [-0.4, -0.2) is 118 Å². The normalized spacial score (nSPS) is 25.1. The number of hydrogen-bond acceptors (Lipinski definition) is 9. The number of nitrogens with two attached hydrogens (primary N) is 3. The minimum absolute atomic E-state index is 0.0190.